The van der Waals surface area contributed by atoms with E-state index in [-0.39, 0.29) is 17.9 Å². The van der Waals surface area contributed by atoms with E-state index in [0.717, 1.165) is 32.4 Å². The third kappa shape index (κ3) is 2.55. The first-order valence-corrected chi connectivity index (χ1v) is 6.23. The molecule has 0 aromatic carbocycles. The van der Waals surface area contributed by atoms with E-state index in [1.807, 2.05) is 11.8 Å². The number of hydrogen-bond acceptors (Lipinski definition) is 3. The second-order valence-electron chi connectivity index (χ2n) is 5.03. The van der Waals surface area contributed by atoms with Gasteiger partial charge in [0.1, 0.15) is 0 Å². The van der Waals surface area contributed by atoms with Gasteiger partial charge in [-0.05, 0) is 25.2 Å². The molecule has 2 aliphatic heterocycles. The summed E-state index contributed by atoms with van der Waals surface area (Å²) in [6, 6.07) is 0. The second kappa shape index (κ2) is 5.15. The zero-order valence-corrected chi connectivity index (χ0v) is 9.89. The second-order valence-corrected chi connectivity index (χ2v) is 5.03. The molecule has 3 atom stereocenters. The fraction of sp³-hybridized carbons (Fsp3) is 0.917. The van der Waals surface area contributed by atoms with Crippen LogP contribution in [-0.4, -0.2) is 48.3 Å². The van der Waals surface area contributed by atoms with Gasteiger partial charge in [0.25, 0.3) is 0 Å². The molecule has 3 unspecified atom stereocenters. The molecule has 0 saturated carbocycles. The lowest BCUT2D eigenvalue weighted by Crippen LogP contribution is -2.49. The van der Waals surface area contributed by atoms with Gasteiger partial charge in [-0.2, -0.15) is 0 Å². The molecular weight excluding hydrogens is 206 g/mol. The van der Waals surface area contributed by atoms with Crippen LogP contribution in [0.15, 0.2) is 0 Å². The molecule has 2 saturated heterocycles. The molecular formula is C12H21NO3. The monoisotopic (exact) mass is 227 g/mol. The number of amides is 1. The molecule has 2 heterocycles. The predicted octanol–water partition coefficient (Wildman–Crippen LogP) is 0.642. The van der Waals surface area contributed by atoms with E-state index < -0.39 is 0 Å². The van der Waals surface area contributed by atoms with Crippen molar-refractivity contribution in [3.8, 4) is 0 Å². The summed E-state index contributed by atoms with van der Waals surface area (Å²) >= 11 is 0. The van der Waals surface area contributed by atoms with Crippen LogP contribution in [0.4, 0.5) is 0 Å². The van der Waals surface area contributed by atoms with E-state index in [0.29, 0.717) is 19.1 Å². The van der Waals surface area contributed by atoms with Crippen LogP contribution in [0.3, 0.4) is 0 Å². The lowest BCUT2D eigenvalue weighted by molar-refractivity contribution is -0.143. The highest BCUT2D eigenvalue weighted by molar-refractivity contribution is 5.79. The minimum absolute atomic E-state index is 0.0226. The Balaban J connectivity index is 1.89. The zero-order chi connectivity index (χ0) is 11.5. The molecule has 0 spiro atoms. The number of rotatable bonds is 1. The summed E-state index contributed by atoms with van der Waals surface area (Å²) in [7, 11) is 0. The lowest BCUT2D eigenvalue weighted by atomic mass is 9.93. The van der Waals surface area contributed by atoms with Gasteiger partial charge in [0.2, 0.25) is 5.91 Å². The molecule has 16 heavy (non-hydrogen) atoms. The van der Waals surface area contributed by atoms with Crippen LogP contribution in [0.2, 0.25) is 0 Å². The molecule has 1 amide bonds. The molecule has 2 rings (SSSR count). The minimum Gasteiger partial charge on any atom is -0.391 e. The highest BCUT2D eigenvalue weighted by atomic mass is 16.5. The van der Waals surface area contributed by atoms with Gasteiger partial charge in [-0.1, -0.05) is 6.92 Å². The summed E-state index contributed by atoms with van der Waals surface area (Å²) in [5.74, 6) is 0.506. The first-order valence-electron chi connectivity index (χ1n) is 6.23. The van der Waals surface area contributed by atoms with Crippen LogP contribution in [0.5, 0.6) is 0 Å². The molecule has 0 aliphatic carbocycles. The van der Waals surface area contributed by atoms with Crippen LogP contribution >= 0.6 is 0 Å². The number of β-amino-alcohol motifs (C(OH)–C–C–N with tert-alkyl or cyclic N) is 1. The van der Waals surface area contributed by atoms with E-state index in [1.54, 1.807) is 0 Å². The lowest BCUT2D eigenvalue weighted by Gasteiger charge is -2.36. The molecule has 92 valence electrons. The van der Waals surface area contributed by atoms with Crippen molar-refractivity contribution in [1.82, 2.24) is 4.90 Å². The van der Waals surface area contributed by atoms with E-state index >= 15 is 0 Å². The van der Waals surface area contributed by atoms with Gasteiger partial charge in [0.15, 0.2) is 0 Å². The standard InChI is InChI=1S/C12H21NO3/c1-9-4-5-13(7-11(9)14)12(15)10-3-2-6-16-8-10/h9-11,14H,2-8H2,1H3. The predicted molar refractivity (Wildman–Crippen MR) is 59.9 cm³/mol. The summed E-state index contributed by atoms with van der Waals surface area (Å²) in [4.78, 5) is 13.9. The van der Waals surface area contributed by atoms with E-state index in [2.05, 4.69) is 0 Å². The average molecular weight is 227 g/mol. The van der Waals surface area contributed by atoms with Crippen LogP contribution in [0.1, 0.15) is 26.2 Å². The number of nitrogens with zero attached hydrogens (tertiary/aromatic N) is 1. The number of hydrogen-bond donors (Lipinski definition) is 1. The highest BCUT2D eigenvalue weighted by Crippen LogP contribution is 2.22. The minimum atomic E-state index is -0.359. The van der Waals surface area contributed by atoms with Gasteiger partial charge in [-0.3, -0.25) is 4.79 Å². The summed E-state index contributed by atoms with van der Waals surface area (Å²) < 4.78 is 5.33. The van der Waals surface area contributed by atoms with Crippen molar-refractivity contribution in [2.45, 2.75) is 32.3 Å². The SMILES string of the molecule is CC1CCN(C(=O)C2CCCOC2)CC1O. The Hall–Kier alpha value is -0.610. The summed E-state index contributed by atoms with van der Waals surface area (Å²) in [6.07, 6.45) is 2.45. The van der Waals surface area contributed by atoms with Gasteiger partial charge in [0.05, 0.1) is 18.6 Å². The fourth-order valence-electron chi connectivity index (χ4n) is 2.44. The van der Waals surface area contributed by atoms with Crippen molar-refractivity contribution in [2.75, 3.05) is 26.3 Å². The maximum absolute atomic E-state index is 12.1. The Labute approximate surface area is 96.6 Å². The third-order valence-electron chi connectivity index (χ3n) is 3.74. The van der Waals surface area contributed by atoms with E-state index in [9.17, 15) is 9.90 Å². The topological polar surface area (TPSA) is 49.8 Å². The Bertz CT molecular complexity index is 251. The number of carbonyl (C=O) groups is 1. The van der Waals surface area contributed by atoms with Gasteiger partial charge in [-0.25, -0.2) is 0 Å². The zero-order valence-electron chi connectivity index (χ0n) is 9.89. The van der Waals surface area contributed by atoms with Crippen molar-refractivity contribution in [1.29, 1.82) is 0 Å². The van der Waals surface area contributed by atoms with Gasteiger partial charge < -0.3 is 14.7 Å². The number of aliphatic hydroxyl groups excluding tert-OH is 1. The smallest absolute Gasteiger partial charge is 0.228 e. The molecule has 0 aromatic heterocycles. The molecule has 0 aromatic rings. The molecule has 2 fully saturated rings. The Morgan fingerprint density at radius 3 is 2.88 bits per heavy atom. The Morgan fingerprint density at radius 2 is 2.25 bits per heavy atom. The molecule has 0 bridgehead atoms. The van der Waals surface area contributed by atoms with Gasteiger partial charge in [-0.15, -0.1) is 0 Å². The van der Waals surface area contributed by atoms with Crippen LogP contribution in [0, 0.1) is 11.8 Å². The normalized spacial score (nSPS) is 36.1. The van der Waals surface area contributed by atoms with Gasteiger partial charge >= 0.3 is 0 Å². The van der Waals surface area contributed by atoms with Crippen molar-refractivity contribution < 1.29 is 14.6 Å². The van der Waals surface area contributed by atoms with Crippen molar-refractivity contribution in [3.05, 3.63) is 0 Å². The van der Waals surface area contributed by atoms with E-state index in [4.69, 9.17) is 4.74 Å². The summed E-state index contributed by atoms with van der Waals surface area (Å²) in [5.41, 5.74) is 0. The molecule has 0 radical (unpaired) electrons. The van der Waals surface area contributed by atoms with Crippen molar-refractivity contribution in [3.63, 3.8) is 0 Å². The summed E-state index contributed by atoms with van der Waals surface area (Å²) in [6.45, 7) is 4.66. The molecule has 1 N–H and O–H groups in total. The number of likely N-dealkylation sites (tertiary alicyclic amines) is 1. The van der Waals surface area contributed by atoms with Crippen LogP contribution in [0.25, 0.3) is 0 Å². The number of ether oxygens (including phenoxy) is 1. The Morgan fingerprint density at radius 1 is 1.44 bits per heavy atom. The maximum Gasteiger partial charge on any atom is 0.228 e. The van der Waals surface area contributed by atoms with E-state index in [1.165, 1.54) is 0 Å². The molecule has 2 aliphatic rings. The van der Waals surface area contributed by atoms with Crippen molar-refractivity contribution >= 4 is 5.91 Å². The number of carbonyl (C=O) groups excluding carboxylic acids is 1. The molecule has 4 nitrogen and oxygen atoms in total. The van der Waals surface area contributed by atoms with Crippen LogP contribution < -0.4 is 0 Å². The number of piperidine rings is 1. The number of aliphatic hydroxyl groups is 1. The quantitative estimate of drug-likeness (QED) is 0.715. The first-order chi connectivity index (χ1) is 7.68. The third-order valence-corrected chi connectivity index (χ3v) is 3.74. The Kier molecular flexibility index (Phi) is 3.82. The first kappa shape index (κ1) is 11.9. The highest BCUT2D eigenvalue weighted by Gasteiger charge is 2.31. The van der Waals surface area contributed by atoms with Crippen LogP contribution in [-0.2, 0) is 9.53 Å². The maximum atomic E-state index is 12.1. The molecule has 4 heteroatoms. The van der Waals surface area contributed by atoms with Gasteiger partial charge in [0, 0.05) is 19.7 Å². The largest absolute Gasteiger partial charge is 0.391 e. The van der Waals surface area contributed by atoms with Crippen molar-refractivity contribution in [2.24, 2.45) is 11.8 Å². The summed E-state index contributed by atoms with van der Waals surface area (Å²) in [5, 5.41) is 9.77. The average Bonchev–Trinajstić information content (AvgIpc) is 2.33. The fourth-order valence-corrected chi connectivity index (χ4v) is 2.44.